The first-order chi connectivity index (χ1) is 19.5. The molecule has 0 unspecified atom stereocenters. The van der Waals surface area contributed by atoms with Gasteiger partial charge < -0.3 is 43.0 Å². The molecule has 1 aliphatic heterocycles. The van der Waals surface area contributed by atoms with E-state index in [0.29, 0.717) is 39.3 Å². The molecule has 41 heavy (non-hydrogen) atoms. The van der Waals surface area contributed by atoms with Crippen LogP contribution in [0, 0.1) is 5.92 Å². The lowest BCUT2D eigenvalue weighted by Gasteiger charge is -2.43. The summed E-state index contributed by atoms with van der Waals surface area (Å²) in [6, 6.07) is 3.32. The van der Waals surface area contributed by atoms with Crippen LogP contribution in [0.4, 0.5) is 0 Å². The van der Waals surface area contributed by atoms with Crippen molar-refractivity contribution in [3.63, 3.8) is 0 Å². The van der Waals surface area contributed by atoms with Crippen LogP contribution in [0.1, 0.15) is 58.0 Å². The highest BCUT2D eigenvalue weighted by molar-refractivity contribution is 5.91. The lowest BCUT2D eigenvalue weighted by molar-refractivity contribution is -0.182. The Morgan fingerprint density at radius 1 is 0.927 bits per heavy atom. The van der Waals surface area contributed by atoms with Gasteiger partial charge in [-0.3, -0.25) is 4.79 Å². The summed E-state index contributed by atoms with van der Waals surface area (Å²) >= 11 is 0. The number of carbonyl (C=O) groups is 2. The quantitative estimate of drug-likeness (QED) is 0.367. The number of esters is 2. The van der Waals surface area contributed by atoms with E-state index >= 15 is 0 Å². The van der Waals surface area contributed by atoms with Crippen LogP contribution in [0.2, 0.25) is 0 Å². The molecule has 4 rings (SSSR count). The average Bonchev–Trinajstić information content (AvgIpc) is 3.43. The molecule has 0 amide bonds. The van der Waals surface area contributed by atoms with Gasteiger partial charge in [-0.15, -0.1) is 0 Å². The first-order valence-corrected chi connectivity index (χ1v) is 13.0. The number of rotatable bonds is 7. The van der Waals surface area contributed by atoms with Crippen molar-refractivity contribution in [2.75, 3.05) is 35.2 Å². The third-order valence-electron chi connectivity index (χ3n) is 7.73. The van der Waals surface area contributed by atoms with Crippen LogP contribution in [0.15, 0.2) is 23.8 Å². The van der Waals surface area contributed by atoms with Crippen LogP contribution in [-0.2, 0) is 19.1 Å². The molecular formula is C30H36O11. The number of hydrogen-bond donors (Lipinski definition) is 1. The first kappa shape index (κ1) is 29.9. The molecule has 0 bridgehead atoms. The van der Waals surface area contributed by atoms with Gasteiger partial charge in [-0.05, 0) is 32.9 Å². The highest BCUT2D eigenvalue weighted by Gasteiger charge is 2.51. The van der Waals surface area contributed by atoms with Crippen molar-refractivity contribution < 1.29 is 52.6 Å². The normalized spacial score (nSPS) is 22.9. The van der Waals surface area contributed by atoms with Gasteiger partial charge in [0.2, 0.25) is 18.3 Å². The number of fused-ring (bicyclic) bond motifs is 4. The van der Waals surface area contributed by atoms with Gasteiger partial charge in [0.1, 0.15) is 11.7 Å². The Hall–Kier alpha value is -4.12. The Balaban J connectivity index is 2.25. The zero-order valence-corrected chi connectivity index (χ0v) is 24.7. The SMILES string of the molecule is C/C=C(\C)C(=O)O[C@@H]1c2cc(OC)c(OC)c(OC)c2-c2c(cc3c(c2OC)OCO3)[C@H](OC(C)=O)[C@@H](C)[C@@]1(C)O. The van der Waals surface area contributed by atoms with E-state index in [2.05, 4.69) is 0 Å². The van der Waals surface area contributed by atoms with Gasteiger partial charge in [0.25, 0.3) is 0 Å². The van der Waals surface area contributed by atoms with Crippen LogP contribution in [0.5, 0.6) is 34.5 Å². The molecule has 2 aromatic carbocycles. The molecule has 222 valence electrons. The second kappa shape index (κ2) is 11.4. The number of benzene rings is 2. The highest BCUT2D eigenvalue weighted by atomic mass is 16.7. The topological polar surface area (TPSA) is 128 Å². The fraction of sp³-hybridized carbons (Fsp3) is 0.467. The summed E-state index contributed by atoms with van der Waals surface area (Å²) in [4.78, 5) is 25.7. The molecule has 1 aliphatic carbocycles. The predicted octanol–water partition coefficient (Wildman–Crippen LogP) is 4.67. The average molecular weight is 573 g/mol. The van der Waals surface area contributed by atoms with Gasteiger partial charge in [0, 0.05) is 40.7 Å². The standard InChI is InChI=1S/C30H36O11/c1-10-14(2)29(32)41-28-18-12-19(34-6)24(35-7)26(36-8)22(18)21-17(11-20-25(27(21)37-9)39-13-38-20)23(40-16(4)31)15(3)30(28,5)33/h10-12,15,23,28,33H,13H2,1-9H3/b14-10+/t15-,23-,28-,30-/m1/s1. The Labute approximate surface area is 238 Å². The number of methoxy groups -OCH3 is 4. The number of aliphatic hydroxyl groups is 1. The highest BCUT2D eigenvalue weighted by Crippen LogP contribution is 2.61. The predicted molar refractivity (Wildman–Crippen MR) is 147 cm³/mol. The lowest BCUT2D eigenvalue weighted by atomic mass is 9.71. The van der Waals surface area contributed by atoms with Crippen molar-refractivity contribution in [1.29, 1.82) is 0 Å². The van der Waals surface area contributed by atoms with Gasteiger partial charge >= 0.3 is 11.9 Å². The van der Waals surface area contributed by atoms with Crippen molar-refractivity contribution in [3.8, 4) is 45.6 Å². The molecule has 0 saturated carbocycles. The van der Waals surface area contributed by atoms with Crippen molar-refractivity contribution in [2.24, 2.45) is 5.92 Å². The molecule has 0 aromatic heterocycles. The second-order valence-electron chi connectivity index (χ2n) is 10.0. The van der Waals surface area contributed by atoms with E-state index in [0.717, 1.165) is 0 Å². The minimum atomic E-state index is -1.80. The molecule has 0 saturated heterocycles. The van der Waals surface area contributed by atoms with E-state index in [1.807, 2.05) is 0 Å². The molecule has 2 aromatic rings. The second-order valence-corrected chi connectivity index (χ2v) is 10.0. The summed E-state index contributed by atoms with van der Waals surface area (Å²) in [5.41, 5.74) is 0.105. The zero-order chi connectivity index (χ0) is 30.2. The maximum atomic E-state index is 13.2. The largest absolute Gasteiger partial charge is 0.493 e. The summed E-state index contributed by atoms with van der Waals surface area (Å²) in [5.74, 6) is -0.373. The summed E-state index contributed by atoms with van der Waals surface area (Å²) in [6.07, 6.45) is -0.735. The van der Waals surface area contributed by atoms with E-state index in [4.69, 9.17) is 37.9 Å². The van der Waals surface area contributed by atoms with E-state index in [-0.39, 0.29) is 29.8 Å². The lowest BCUT2D eigenvalue weighted by Crippen LogP contribution is -2.46. The van der Waals surface area contributed by atoms with Crippen molar-refractivity contribution in [3.05, 3.63) is 34.9 Å². The number of ether oxygens (including phenoxy) is 8. The van der Waals surface area contributed by atoms with Crippen LogP contribution < -0.4 is 28.4 Å². The van der Waals surface area contributed by atoms with Crippen LogP contribution >= 0.6 is 0 Å². The van der Waals surface area contributed by atoms with Crippen molar-refractivity contribution in [1.82, 2.24) is 0 Å². The van der Waals surface area contributed by atoms with Gasteiger partial charge in [-0.1, -0.05) is 13.0 Å². The Morgan fingerprint density at radius 2 is 1.56 bits per heavy atom. The minimum absolute atomic E-state index is 0.0567. The monoisotopic (exact) mass is 572 g/mol. The number of carbonyl (C=O) groups excluding carboxylic acids is 2. The van der Waals surface area contributed by atoms with E-state index in [9.17, 15) is 14.7 Å². The molecule has 11 heteroatoms. The summed E-state index contributed by atoms with van der Waals surface area (Å²) in [7, 11) is 5.84. The summed E-state index contributed by atoms with van der Waals surface area (Å²) < 4.78 is 46.6. The zero-order valence-electron chi connectivity index (χ0n) is 24.7. The van der Waals surface area contributed by atoms with Gasteiger partial charge in [0.05, 0.1) is 28.4 Å². The van der Waals surface area contributed by atoms with Gasteiger partial charge in [-0.2, -0.15) is 0 Å². The third-order valence-corrected chi connectivity index (χ3v) is 7.73. The molecule has 0 fully saturated rings. The van der Waals surface area contributed by atoms with Gasteiger partial charge in [0.15, 0.2) is 29.1 Å². The number of allylic oxidation sites excluding steroid dienone is 1. The Kier molecular flexibility index (Phi) is 8.30. The molecule has 1 heterocycles. The molecular weight excluding hydrogens is 536 g/mol. The molecule has 0 radical (unpaired) electrons. The van der Waals surface area contributed by atoms with Crippen LogP contribution in [0.3, 0.4) is 0 Å². The molecule has 1 N–H and O–H groups in total. The molecule has 2 aliphatic rings. The fourth-order valence-electron chi connectivity index (χ4n) is 5.32. The smallest absolute Gasteiger partial charge is 0.334 e. The summed E-state index contributed by atoms with van der Waals surface area (Å²) in [6.45, 7) is 7.78. The maximum absolute atomic E-state index is 13.2. The Morgan fingerprint density at radius 3 is 2.12 bits per heavy atom. The Bertz CT molecular complexity index is 1390. The molecule has 11 nitrogen and oxygen atoms in total. The molecule has 0 spiro atoms. The fourth-order valence-corrected chi connectivity index (χ4v) is 5.32. The van der Waals surface area contributed by atoms with Crippen molar-refractivity contribution in [2.45, 2.75) is 52.4 Å². The maximum Gasteiger partial charge on any atom is 0.334 e. The van der Waals surface area contributed by atoms with Crippen LogP contribution in [0.25, 0.3) is 11.1 Å². The van der Waals surface area contributed by atoms with Crippen molar-refractivity contribution >= 4 is 11.9 Å². The van der Waals surface area contributed by atoms with Gasteiger partial charge in [-0.25, -0.2) is 4.79 Å². The number of hydrogen-bond acceptors (Lipinski definition) is 11. The molecule has 4 atom stereocenters. The first-order valence-electron chi connectivity index (χ1n) is 13.0. The minimum Gasteiger partial charge on any atom is -0.493 e. The summed E-state index contributed by atoms with van der Waals surface area (Å²) in [5, 5.41) is 12.3. The van der Waals surface area contributed by atoms with E-state index in [1.165, 1.54) is 42.3 Å². The van der Waals surface area contributed by atoms with E-state index in [1.54, 1.807) is 39.0 Å². The third kappa shape index (κ3) is 4.88. The van der Waals surface area contributed by atoms with E-state index < -0.39 is 35.7 Å². The van der Waals surface area contributed by atoms with Crippen LogP contribution in [-0.4, -0.2) is 57.9 Å².